The van der Waals surface area contributed by atoms with Crippen molar-refractivity contribution in [3.05, 3.63) is 6.33 Å². The van der Waals surface area contributed by atoms with Gasteiger partial charge in [-0.15, -0.1) is 10.2 Å². The van der Waals surface area contributed by atoms with Crippen LogP contribution in [0.5, 0.6) is 0 Å². The van der Waals surface area contributed by atoms with Crippen LogP contribution in [0.25, 0.3) is 0 Å². The average molecular weight is 312 g/mol. The van der Waals surface area contributed by atoms with Gasteiger partial charge in [-0.05, 0) is 38.5 Å². The van der Waals surface area contributed by atoms with Crippen LogP contribution < -0.4 is 5.32 Å². The van der Waals surface area contributed by atoms with Crippen molar-refractivity contribution in [1.82, 2.24) is 20.1 Å². The maximum Gasteiger partial charge on any atom is 0.230 e. The summed E-state index contributed by atoms with van der Waals surface area (Å²) >= 11 is 1.41. The number of carbonyl (C=O) groups is 1. The third-order valence-electron chi connectivity index (χ3n) is 4.04. The van der Waals surface area contributed by atoms with E-state index in [2.05, 4.69) is 29.4 Å². The Morgan fingerprint density at radius 1 is 1.52 bits per heavy atom. The summed E-state index contributed by atoms with van der Waals surface area (Å²) in [7, 11) is 0. The summed E-state index contributed by atoms with van der Waals surface area (Å²) in [5, 5.41) is 20.9. The molecule has 2 N–H and O–H groups in total. The van der Waals surface area contributed by atoms with Crippen LogP contribution in [-0.2, 0) is 4.79 Å². The minimum absolute atomic E-state index is 0.0156. The van der Waals surface area contributed by atoms with Gasteiger partial charge in [-0.1, -0.05) is 18.2 Å². The van der Waals surface area contributed by atoms with Gasteiger partial charge < -0.3 is 15.0 Å². The number of amides is 1. The molecule has 118 valence electrons. The van der Waals surface area contributed by atoms with Crippen molar-refractivity contribution >= 4 is 17.7 Å². The van der Waals surface area contributed by atoms with Crippen molar-refractivity contribution in [2.24, 2.45) is 11.8 Å². The molecule has 1 aromatic rings. The maximum atomic E-state index is 11.9. The summed E-state index contributed by atoms with van der Waals surface area (Å²) in [4.78, 5) is 11.9. The normalized spacial score (nSPS) is 21.9. The van der Waals surface area contributed by atoms with Crippen LogP contribution in [0.1, 0.15) is 39.2 Å². The number of hydrogen-bond acceptors (Lipinski definition) is 5. The molecule has 1 heterocycles. The third-order valence-corrected chi connectivity index (χ3v) is 5.00. The minimum Gasteiger partial charge on any atom is -0.396 e. The van der Waals surface area contributed by atoms with Gasteiger partial charge in [-0.25, -0.2) is 0 Å². The number of nitrogens with zero attached hydrogens (tertiary/aromatic N) is 3. The largest absolute Gasteiger partial charge is 0.396 e. The second kappa shape index (κ2) is 7.79. The second-order valence-electron chi connectivity index (χ2n) is 5.84. The quantitative estimate of drug-likeness (QED) is 0.745. The Labute approximate surface area is 129 Å². The van der Waals surface area contributed by atoms with Crippen molar-refractivity contribution in [3.8, 4) is 0 Å². The van der Waals surface area contributed by atoms with Gasteiger partial charge in [0.15, 0.2) is 5.16 Å². The zero-order valence-electron chi connectivity index (χ0n) is 12.7. The molecule has 2 unspecified atom stereocenters. The van der Waals surface area contributed by atoms with Crippen molar-refractivity contribution in [3.63, 3.8) is 0 Å². The van der Waals surface area contributed by atoms with Gasteiger partial charge >= 0.3 is 0 Å². The second-order valence-corrected chi connectivity index (χ2v) is 6.78. The van der Waals surface area contributed by atoms with E-state index in [9.17, 15) is 9.90 Å². The van der Waals surface area contributed by atoms with E-state index in [0.29, 0.717) is 24.1 Å². The van der Waals surface area contributed by atoms with Crippen molar-refractivity contribution in [1.29, 1.82) is 0 Å². The van der Waals surface area contributed by atoms with Crippen molar-refractivity contribution < 1.29 is 9.90 Å². The highest BCUT2D eigenvalue weighted by atomic mass is 32.2. The smallest absolute Gasteiger partial charge is 0.230 e. The number of rotatable bonds is 7. The van der Waals surface area contributed by atoms with Crippen LogP contribution in [0.15, 0.2) is 11.5 Å². The molecule has 0 aliphatic heterocycles. The average Bonchev–Trinajstić information content (AvgIpc) is 3.11. The Hall–Kier alpha value is -1.08. The molecular weight excluding hydrogens is 288 g/mol. The fourth-order valence-electron chi connectivity index (χ4n) is 2.74. The first kappa shape index (κ1) is 16.3. The van der Waals surface area contributed by atoms with E-state index in [1.807, 2.05) is 4.57 Å². The SMILES string of the molecule is CC(C)n1cnnc1SCC(=O)NCC1CCCC1CO. The number of nitrogens with one attached hydrogen (secondary N) is 1. The van der Waals surface area contributed by atoms with Crippen LogP contribution in [-0.4, -0.2) is 44.7 Å². The highest BCUT2D eigenvalue weighted by Gasteiger charge is 2.26. The van der Waals surface area contributed by atoms with Crippen LogP contribution in [0.4, 0.5) is 0 Å². The Bertz CT molecular complexity index is 464. The Kier molecular flexibility index (Phi) is 6.05. The van der Waals surface area contributed by atoms with Gasteiger partial charge in [-0.3, -0.25) is 4.79 Å². The summed E-state index contributed by atoms with van der Waals surface area (Å²) in [5.74, 6) is 1.13. The summed E-state index contributed by atoms with van der Waals surface area (Å²) in [6, 6.07) is 0.286. The van der Waals surface area contributed by atoms with Crippen LogP contribution >= 0.6 is 11.8 Å². The molecule has 0 saturated heterocycles. The van der Waals surface area contributed by atoms with E-state index >= 15 is 0 Å². The van der Waals surface area contributed by atoms with E-state index in [-0.39, 0.29) is 18.6 Å². The highest BCUT2D eigenvalue weighted by molar-refractivity contribution is 7.99. The molecule has 1 saturated carbocycles. The molecule has 6 nitrogen and oxygen atoms in total. The number of carbonyl (C=O) groups excluding carboxylic acids is 1. The molecule has 2 atom stereocenters. The number of thioether (sulfide) groups is 1. The molecule has 0 radical (unpaired) electrons. The maximum absolute atomic E-state index is 11.9. The third kappa shape index (κ3) is 4.44. The molecule has 1 aliphatic rings. The van der Waals surface area contributed by atoms with Gasteiger partial charge in [0.25, 0.3) is 0 Å². The predicted molar refractivity (Wildman–Crippen MR) is 82.1 cm³/mol. The first-order valence-electron chi connectivity index (χ1n) is 7.51. The van der Waals surface area contributed by atoms with Gasteiger partial charge in [-0.2, -0.15) is 0 Å². The van der Waals surface area contributed by atoms with Crippen molar-refractivity contribution in [2.45, 2.75) is 44.3 Å². The standard InChI is InChI=1S/C14H24N4O2S/c1-10(2)18-9-16-17-14(18)21-8-13(20)15-6-11-4-3-5-12(11)7-19/h9-12,19H,3-8H2,1-2H3,(H,15,20). The lowest BCUT2D eigenvalue weighted by atomic mass is 9.97. The molecule has 1 aliphatic carbocycles. The summed E-state index contributed by atoms with van der Waals surface area (Å²) < 4.78 is 1.96. The zero-order valence-corrected chi connectivity index (χ0v) is 13.5. The lowest BCUT2D eigenvalue weighted by molar-refractivity contribution is -0.118. The molecule has 21 heavy (non-hydrogen) atoms. The fourth-order valence-corrected chi connectivity index (χ4v) is 3.61. The van der Waals surface area contributed by atoms with Gasteiger partial charge in [0, 0.05) is 19.2 Å². The van der Waals surface area contributed by atoms with Gasteiger partial charge in [0.05, 0.1) is 5.75 Å². The van der Waals surface area contributed by atoms with Gasteiger partial charge in [0.2, 0.25) is 5.91 Å². The van der Waals surface area contributed by atoms with Crippen molar-refractivity contribution in [2.75, 3.05) is 18.9 Å². The number of aromatic nitrogens is 3. The van der Waals surface area contributed by atoms with E-state index < -0.39 is 0 Å². The topological polar surface area (TPSA) is 80.0 Å². The first-order valence-corrected chi connectivity index (χ1v) is 8.50. The minimum atomic E-state index is 0.0156. The Morgan fingerprint density at radius 3 is 3.00 bits per heavy atom. The van der Waals surface area contributed by atoms with E-state index in [4.69, 9.17) is 0 Å². The first-order chi connectivity index (χ1) is 10.1. The highest BCUT2D eigenvalue weighted by Crippen LogP contribution is 2.30. The molecule has 0 bridgehead atoms. The Morgan fingerprint density at radius 2 is 2.29 bits per heavy atom. The zero-order chi connectivity index (χ0) is 15.2. The Balaban J connectivity index is 1.73. The molecule has 2 rings (SSSR count). The summed E-state index contributed by atoms with van der Waals surface area (Å²) in [6.07, 6.45) is 5.01. The molecular formula is C14H24N4O2S. The number of aliphatic hydroxyl groups excluding tert-OH is 1. The number of hydrogen-bond donors (Lipinski definition) is 2. The van der Waals surface area contributed by atoms with E-state index in [0.717, 1.165) is 24.4 Å². The molecule has 0 aromatic carbocycles. The fraction of sp³-hybridized carbons (Fsp3) is 0.786. The van der Waals surface area contributed by atoms with E-state index in [1.165, 1.54) is 11.8 Å². The van der Waals surface area contributed by atoms with Crippen LogP contribution in [0.3, 0.4) is 0 Å². The van der Waals surface area contributed by atoms with Gasteiger partial charge in [0.1, 0.15) is 6.33 Å². The summed E-state index contributed by atoms with van der Waals surface area (Å²) in [5.41, 5.74) is 0. The molecule has 1 aromatic heterocycles. The monoisotopic (exact) mass is 312 g/mol. The predicted octanol–water partition coefficient (Wildman–Crippen LogP) is 1.48. The lowest BCUT2D eigenvalue weighted by Crippen LogP contribution is -2.32. The number of aliphatic hydroxyl groups is 1. The lowest BCUT2D eigenvalue weighted by Gasteiger charge is -2.17. The molecule has 0 spiro atoms. The van der Waals surface area contributed by atoms with Crippen LogP contribution in [0.2, 0.25) is 0 Å². The summed E-state index contributed by atoms with van der Waals surface area (Å²) in [6.45, 7) is 5.01. The van der Waals surface area contributed by atoms with E-state index in [1.54, 1.807) is 6.33 Å². The molecule has 1 fully saturated rings. The van der Waals surface area contributed by atoms with Crippen LogP contribution in [0, 0.1) is 11.8 Å². The molecule has 1 amide bonds. The molecule has 7 heteroatoms.